The summed E-state index contributed by atoms with van der Waals surface area (Å²) in [5.74, 6) is 0.0639. The number of benzene rings is 2. The van der Waals surface area contributed by atoms with E-state index < -0.39 is 0 Å². The lowest BCUT2D eigenvalue weighted by Gasteiger charge is -2.07. The van der Waals surface area contributed by atoms with Crippen LogP contribution in [0.5, 0.6) is 0 Å². The Morgan fingerprint density at radius 3 is 2.77 bits per heavy atom. The molecule has 2 N–H and O–H groups in total. The molecular formula is C21H20N4O. The average molecular weight is 344 g/mol. The summed E-state index contributed by atoms with van der Waals surface area (Å²) in [6, 6.07) is 16.3. The zero-order valence-electron chi connectivity index (χ0n) is 14.4. The molecule has 5 nitrogen and oxygen atoms in total. The van der Waals surface area contributed by atoms with Crippen molar-refractivity contribution in [3.63, 3.8) is 0 Å². The van der Waals surface area contributed by atoms with Crippen LogP contribution in [0, 0.1) is 0 Å². The third-order valence-electron chi connectivity index (χ3n) is 4.52. The van der Waals surface area contributed by atoms with Crippen LogP contribution in [0.2, 0.25) is 0 Å². The van der Waals surface area contributed by atoms with Crippen molar-refractivity contribution in [3.8, 4) is 5.69 Å². The predicted octanol–water partition coefficient (Wildman–Crippen LogP) is 3.60. The van der Waals surface area contributed by atoms with Gasteiger partial charge in [-0.2, -0.15) is 0 Å². The number of nitrogens with one attached hydrogen (secondary N) is 2. The molecule has 0 aliphatic carbocycles. The summed E-state index contributed by atoms with van der Waals surface area (Å²) in [6.45, 7) is 0.539. The van der Waals surface area contributed by atoms with Crippen molar-refractivity contribution in [2.45, 2.75) is 19.4 Å². The van der Waals surface area contributed by atoms with Crippen LogP contribution in [0.25, 0.3) is 16.6 Å². The van der Waals surface area contributed by atoms with Crippen molar-refractivity contribution in [2.24, 2.45) is 0 Å². The number of aromatic nitrogens is 3. The molecule has 130 valence electrons. The molecule has 0 saturated heterocycles. The zero-order valence-corrected chi connectivity index (χ0v) is 14.4. The van der Waals surface area contributed by atoms with Gasteiger partial charge in [0.25, 0.3) is 0 Å². The highest BCUT2D eigenvalue weighted by Gasteiger charge is 2.07. The van der Waals surface area contributed by atoms with Gasteiger partial charge in [-0.3, -0.25) is 4.79 Å². The van der Waals surface area contributed by atoms with Crippen LogP contribution in [0.4, 0.5) is 0 Å². The van der Waals surface area contributed by atoms with E-state index in [1.807, 2.05) is 59.4 Å². The Morgan fingerprint density at radius 2 is 1.96 bits per heavy atom. The fourth-order valence-electron chi connectivity index (χ4n) is 3.07. The SMILES string of the molecule is O=C(CCc1c[nH]c2ccccc12)NCc1ccc(-n2ccnc2)cc1. The van der Waals surface area contributed by atoms with E-state index in [9.17, 15) is 4.79 Å². The van der Waals surface area contributed by atoms with E-state index in [2.05, 4.69) is 21.4 Å². The predicted molar refractivity (Wildman–Crippen MR) is 102 cm³/mol. The van der Waals surface area contributed by atoms with Crippen molar-refractivity contribution >= 4 is 16.8 Å². The van der Waals surface area contributed by atoms with E-state index in [1.54, 1.807) is 12.5 Å². The smallest absolute Gasteiger partial charge is 0.220 e. The van der Waals surface area contributed by atoms with Crippen LogP contribution in [0.3, 0.4) is 0 Å². The minimum absolute atomic E-state index is 0.0639. The van der Waals surface area contributed by atoms with E-state index >= 15 is 0 Å². The Balaban J connectivity index is 1.30. The lowest BCUT2D eigenvalue weighted by molar-refractivity contribution is -0.121. The number of imidazole rings is 1. The first kappa shape index (κ1) is 16.1. The third kappa shape index (κ3) is 3.52. The Hall–Kier alpha value is -3.34. The fraction of sp³-hybridized carbons (Fsp3) is 0.143. The van der Waals surface area contributed by atoms with Gasteiger partial charge in [0.15, 0.2) is 0 Å². The number of hydrogen-bond acceptors (Lipinski definition) is 2. The van der Waals surface area contributed by atoms with Gasteiger partial charge in [0.2, 0.25) is 5.91 Å². The number of rotatable bonds is 6. The largest absolute Gasteiger partial charge is 0.361 e. The Bertz CT molecular complexity index is 1000. The maximum atomic E-state index is 12.2. The molecule has 0 aliphatic heterocycles. The van der Waals surface area contributed by atoms with Crippen molar-refractivity contribution in [1.29, 1.82) is 0 Å². The van der Waals surface area contributed by atoms with E-state index in [1.165, 1.54) is 10.9 Å². The maximum absolute atomic E-state index is 12.2. The van der Waals surface area contributed by atoms with Gasteiger partial charge in [0.1, 0.15) is 0 Å². The van der Waals surface area contributed by atoms with Gasteiger partial charge in [-0.1, -0.05) is 30.3 Å². The van der Waals surface area contributed by atoms with Crippen molar-refractivity contribution in [2.75, 3.05) is 0 Å². The van der Waals surface area contributed by atoms with Gasteiger partial charge in [0, 0.05) is 48.1 Å². The van der Waals surface area contributed by atoms with Crippen molar-refractivity contribution in [3.05, 3.63) is 84.6 Å². The molecule has 4 rings (SSSR count). The van der Waals surface area contributed by atoms with Gasteiger partial charge >= 0.3 is 0 Å². The molecule has 26 heavy (non-hydrogen) atoms. The molecule has 2 aromatic carbocycles. The molecule has 0 aliphatic rings. The first-order valence-corrected chi connectivity index (χ1v) is 8.68. The molecule has 0 spiro atoms. The first-order valence-electron chi connectivity index (χ1n) is 8.68. The summed E-state index contributed by atoms with van der Waals surface area (Å²) in [6.07, 6.45) is 8.63. The monoisotopic (exact) mass is 344 g/mol. The number of fused-ring (bicyclic) bond motifs is 1. The highest BCUT2D eigenvalue weighted by Crippen LogP contribution is 2.19. The van der Waals surface area contributed by atoms with Crippen LogP contribution in [-0.2, 0) is 17.8 Å². The number of hydrogen-bond donors (Lipinski definition) is 2. The van der Waals surface area contributed by atoms with Crippen LogP contribution in [0.1, 0.15) is 17.5 Å². The second kappa shape index (κ2) is 7.27. The summed E-state index contributed by atoms with van der Waals surface area (Å²) in [7, 11) is 0. The summed E-state index contributed by atoms with van der Waals surface area (Å²) in [4.78, 5) is 19.5. The van der Waals surface area contributed by atoms with E-state index in [-0.39, 0.29) is 5.91 Å². The van der Waals surface area contributed by atoms with Gasteiger partial charge in [-0.15, -0.1) is 0 Å². The molecule has 0 fully saturated rings. The van der Waals surface area contributed by atoms with Gasteiger partial charge in [-0.05, 0) is 35.7 Å². The van der Waals surface area contributed by atoms with Crippen LogP contribution >= 0.6 is 0 Å². The molecule has 0 radical (unpaired) electrons. The molecule has 5 heteroatoms. The van der Waals surface area contributed by atoms with Crippen LogP contribution in [-0.4, -0.2) is 20.4 Å². The number of para-hydroxylation sites is 1. The number of aromatic amines is 1. The van der Waals surface area contributed by atoms with Gasteiger partial charge in [0.05, 0.1) is 6.33 Å². The summed E-state index contributed by atoms with van der Waals surface area (Å²) in [5, 5.41) is 4.19. The van der Waals surface area contributed by atoms with E-state index in [4.69, 9.17) is 0 Å². The summed E-state index contributed by atoms with van der Waals surface area (Å²) >= 11 is 0. The van der Waals surface area contributed by atoms with Gasteiger partial charge in [-0.25, -0.2) is 4.98 Å². The molecule has 2 aromatic heterocycles. The number of nitrogens with zero attached hydrogens (tertiary/aromatic N) is 2. The second-order valence-electron chi connectivity index (χ2n) is 6.27. The highest BCUT2D eigenvalue weighted by atomic mass is 16.1. The quantitative estimate of drug-likeness (QED) is 0.561. The van der Waals surface area contributed by atoms with Gasteiger partial charge < -0.3 is 14.9 Å². The minimum atomic E-state index is 0.0639. The molecule has 0 saturated carbocycles. The Labute approximate surface area is 151 Å². The maximum Gasteiger partial charge on any atom is 0.220 e. The molecule has 0 bridgehead atoms. The first-order chi connectivity index (χ1) is 12.8. The molecule has 4 aromatic rings. The fourth-order valence-corrected chi connectivity index (χ4v) is 3.07. The second-order valence-corrected chi connectivity index (χ2v) is 6.27. The third-order valence-corrected chi connectivity index (χ3v) is 4.52. The number of carbonyl (C=O) groups is 1. The highest BCUT2D eigenvalue weighted by molar-refractivity contribution is 5.84. The standard InChI is InChI=1S/C21H20N4O/c26-21(10-7-17-14-23-20-4-2-1-3-19(17)20)24-13-16-5-8-18(9-6-16)25-12-11-22-15-25/h1-6,8-9,11-12,14-15,23H,7,10,13H2,(H,24,26). The Kier molecular flexibility index (Phi) is 4.51. The van der Waals surface area contributed by atoms with E-state index in [0.717, 1.165) is 23.2 Å². The zero-order chi connectivity index (χ0) is 17.8. The normalized spacial score (nSPS) is 10.9. The average Bonchev–Trinajstić information content (AvgIpc) is 3.35. The number of carbonyl (C=O) groups excluding carboxylic acids is 1. The number of aryl methyl sites for hydroxylation is 1. The Morgan fingerprint density at radius 1 is 1.12 bits per heavy atom. The minimum Gasteiger partial charge on any atom is -0.361 e. The van der Waals surface area contributed by atoms with Crippen LogP contribution < -0.4 is 5.32 Å². The lowest BCUT2D eigenvalue weighted by Crippen LogP contribution is -2.22. The van der Waals surface area contributed by atoms with Crippen LogP contribution in [0.15, 0.2) is 73.4 Å². The van der Waals surface area contributed by atoms with Crippen molar-refractivity contribution in [1.82, 2.24) is 19.9 Å². The summed E-state index contributed by atoms with van der Waals surface area (Å²) < 4.78 is 1.95. The molecular weight excluding hydrogens is 324 g/mol. The topological polar surface area (TPSA) is 62.7 Å². The molecule has 1 amide bonds. The molecule has 0 unspecified atom stereocenters. The number of H-pyrrole nitrogens is 1. The molecule has 0 atom stereocenters. The molecule has 2 heterocycles. The summed E-state index contributed by atoms with van der Waals surface area (Å²) in [5.41, 5.74) is 4.42. The van der Waals surface area contributed by atoms with Crippen molar-refractivity contribution < 1.29 is 4.79 Å². The number of amides is 1. The van der Waals surface area contributed by atoms with E-state index in [0.29, 0.717) is 13.0 Å². The lowest BCUT2D eigenvalue weighted by atomic mass is 10.1.